The van der Waals surface area contributed by atoms with Crippen LogP contribution in [0.5, 0.6) is 0 Å². The van der Waals surface area contributed by atoms with Gasteiger partial charge in [0.1, 0.15) is 5.82 Å². The number of hydrogen-bond acceptors (Lipinski definition) is 6. The van der Waals surface area contributed by atoms with Crippen LogP contribution in [-0.2, 0) is 15.9 Å². The minimum Gasteiger partial charge on any atom is -0.385 e. The second kappa shape index (κ2) is 13.6. The highest BCUT2D eigenvalue weighted by Crippen LogP contribution is 2.36. The topological polar surface area (TPSA) is 81.9 Å². The van der Waals surface area contributed by atoms with Gasteiger partial charge in [0, 0.05) is 44.9 Å². The van der Waals surface area contributed by atoms with E-state index in [2.05, 4.69) is 4.90 Å². The van der Waals surface area contributed by atoms with Crippen LogP contribution in [0.1, 0.15) is 75.0 Å². The first-order valence-electron chi connectivity index (χ1n) is 14.1. The summed E-state index contributed by atoms with van der Waals surface area (Å²) in [6.07, 6.45) is 10.4. The Labute approximate surface area is 220 Å². The molecule has 7 heteroatoms. The van der Waals surface area contributed by atoms with Gasteiger partial charge in [0.05, 0.1) is 11.8 Å². The number of hydrogen-bond donors (Lipinski definition) is 1. The minimum absolute atomic E-state index is 0.131. The van der Waals surface area contributed by atoms with Crippen molar-refractivity contribution in [2.45, 2.75) is 70.3 Å². The van der Waals surface area contributed by atoms with E-state index in [1.54, 1.807) is 19.2 Å². The van der Waals surface area contributed by atoms with Crippen LogP contribution >= 0.6 is 0 Å². The third-order valence-electron chi connectivity index (χ3n) is 8.39. The molecule has 0 amide bonds. The Morgan fingerprint density at radius 3 is 2.49 bits per heavy atom. The standard InChI is InChI=1S/C30H43FN2O4/c1-36-15-6-16-37-30(23-10-12-25(31)13-11-23)24-9-5-14-33(20-24)27-26(28(34)29(27)35)18-22(19-32)17-21-7-3-2-4-8-21/h10-13,21-22,24,30H,2-9,14-20,32H2,1H3/t22-,24-,30+/m1/s1. The maximum absolute atomic E-state index is 13.6. The van der Waals surface area contributed by atoms with E-state index in [4.69, 9.17) is 15.2 Å². The molecule has 2 N–H and O–H groups in total. The van der Waals surface area contributed by atoms with E-state index in [1.165, 1.54) is 44.2 Å². The molecule has 0 bridgehead atoms. The summed E-state index contributed by atoms with van der Waals surface area (Å²) in [7, 11) is 1.67. The van der Waals surface area contributed by atoms with Crippen LogP contribution < -0.4 is 21.5 Å². The molecule has 3 atom stereocenters. The number of nitrogens with two attached hydrogens (primary N) is 1. The summed E-state index contributed by atoms with van der Waals surface area (Å²) in [6, 6.07) is 6.51. The molecule has 0 spiro atoms. The number of benzene rings is 1. The highest BCUT2D eigenvalue weighted by atomic mass is 19.1. The molecule has 6 nitrogen and oxygen atoms in total. The van der Waals surface area contributed by atoms with E-state index in [1.807, 2.05) is 0 Å². The molecule has 0 unspecified atom stereocenters. The number of methoxy groups -OCH3 is 1. The quantitative estimate of drug-likeness (QED) is 0.313. The van der Waals surface area contributed by atoms with Crippen LogP contribution in [0.25, 0.3) is 0 Å². The van der Waals surface area contributed by atoms with Crippen LogP contribution in [0.2, 0.25) is 0 Å². The van der Waals surface area contributed by atoms with Crippen molar-refractivity contribution in [3.63, 3.8) is 0 Å². The van der Waals surface area contributed by atoms with Crippen molar-refractivity contribution in [1.82, 2.24) is 0 Å². The Morgan fingerprint density at radius 1 is 1.03 bits per heavy atom. The van der Waals surface area contributed by atoms with Crippen LogP contribution in [-0.4, -0.2) is 40.0 Å². The van der Waals surface area contributed by atoms with Crippen LogP contribution in [0.3, 0.4) is 0 Å². The zero-order valence-corrected chi connectivity index (χ0v) is 22.3. The van der Waals surface area contributed by atoms with Gasteiger partial charge in [0.25, 0.3) is 0 Å². The van der Waals surface area contributed by atoms with Gasteiger partial charge in [0.15, 0.2) is 0 Å². The second-order valence-corrected chi connectivity index (χ2v) is 11.1. The van der Waals surface area contributed by atoms with Crippen molar-refractivity contribution < 1.29 is 13.9 Å². The lowest BCUT2D eigenvalue weighted by atomic mass is 9.80. The van der Waals surface area contributed by atoms with Gasteiger partial charge in [-0.1, -0.05) is 44.2 Å². The molecule has 0 aromatic heterocycles. The average molecular weight is 515 g/mol. The maximum Gasteiger partial charge on any atom is 0.249 e. The molecule has 1 heterocycles. The molecule has 2 fully saturated rings. The summed E-state index contributed by atoms with van der Waals surface area (Å²) in [4.78, 5) is 27.6. The summed E-state index contributed by atoms with van der Waals surface area (Å²) >= 11 is 0. The third-order valence-corrected chi connectivity index (χ3v) is 8.39. The van der Waals surface area contributed by atoms with Crippen LogP contribution in [0, 0.1) is 23.6 Å². The lowest BCUT2D eigenvalue weighted by Gasteiger charge is -2.39. The fraction of sp³-hybridized carbons (Fsp3) is 0.667. The fourth-order valence-corrected chi connectivity index (χ4v) is 6.43. The van der Waals surface area contributed by atoms with Gasteiger partial charge in [0.2, 0.25) is 10.9 Å². The number of rotatable bonds is 13. The Balaban J connectivity index is 1.47. The Morgan fingerprint density at radius 2 is 1.78 bits per heavy atom. The normalized spacial score (nSPS) is 20.8. The predicted molar refractivity (Wildman–Crippen MR) is 145 cm³/mol. The summed E-state index contributed by atoms with van der Waals surface area (Å²) in [5.74, 6) is 0.778. The Hall–Kier alpha value is -2.09. The van der Waals surface area contributed by atoms with Gasteiger partial charge in [-0.15, -0.1) is 0 Å². The zero-order valence-electron chi connectivity index (χ0n) is 22.3. The zero-order chi connectivity index (χ0) is 26.2. The summed E-state index contributed by atoms with van der Waals surface area (Å²) in [5, 5.41) is 0. The molecule has 204 valence electrons. The molecular weight excluding hydrogens is 471 g/mol. The molecule has 37 heavy (non-hydrogen) atoms. The first-order chi connectivity index (χ1) is 18.0. The van der Waals surface area contributed by atoms with E-state index in [0.29, 0.717) is 49.9 Å². The lowest BCUT2D eigenvalue weighted by Crippen LogP contribution is -2.49. The highest BCUT2D eigenvalue weighted by molar-refractivity contribution is 5.59. The minimum atomic E-state index is -0.358. The highest BCUT2D eigenvalue weighted by Gasteiger charge is 2.34. The fourth-order valence-electron chi connectivity index (χ4n) is 6.43. The van der Waals surface area contributed by atoms with Crippen molar-refractivity contribution in [2.75, 3.05) is 44.9 Å². The summed E-state index contributed by atoms with van der Waals surface area (Å²) < 4.78 is 25.1. The number of anilines is 1. The Bertz CT molecular complexity index is 1040. The SMILES string of the molecule is COCCCO[C@@H](c1ccc(F)cc1)[C@@H]1CCCN(c2c(C[C@H](CN)CC3CCCCC3)c(=O)c2=O)C1. The lowest BCUT2D eigenvalue weighted by molar-refractivity contribution is -0.00241. The van der Waals surface area contributed by atoms with E-state index in [0.717, 1.165) is 37.8 Å². The van der Waals surface area contributed by atoms with Gasteiger partial charge in [-0.25, -0.2) is 4.39 Å². The first kappa shape index (κ1) is 27.9. The van der Waals surface area contributed by atoms with Crippen molar-refractivity contribution in [2.24, 2.45) is 23.5 Å². The van der Waals surface area contributed by atoms with Crippen molar-refractivity contribution in [3.05, 3.63) is 61.7 Å². The van der Waals surface area contributed by atoms with Gasteiger partial charge in [-0.3, -0.25) is 9.59 Å². The van der Waals surface area contributed by atoms with Gasteiger partial charge in [-0.2, -0.15) is 0 Å². The third kappa shape index (κ3) is 7.06. The molecular formula is C30H43FN2O4. The molecule has 2 aromatic rings. The number of halogens is 1. The second-order valence-electron chi connectivity index (χ2n) is 11.1. The van der Waals surface area contributed by atoms with E-state index in [9.17, 15) is 14.0 Å². The van der Waals surface area contributed by atoms with E-state index < -0.39 is 0 Å². The molecule has 2 aliphatic rings. The molecule has 1 aliphatic carbocycles. The van der Waals surface area contributed by atoms with Gasteiger partial charge >= 0.3 is 0 Å². The molecule has 1 aliphatic heterocycles. The predicted octanol–water partition coefficient (Wildman–Crippen LogP) is 4.52. The molecule has 1 saturated carbocycles. The molecule has 1 saturated heterocycles. The number of ether oxygens (including phenoxy) is 2. The number of nitrogens with zero attached hydrogens (tertiary/aromatic N) is 1. The molecule has 0 radical (unpaired) electrons. The van der Waals surface area contributed by atoms with Crippen LogP contribution in [0.15, 0.2) is 33.9 Å². The average Bonchev–Trinajstić information content (AvgIpc) is 2.93. The maximum atomic E-state index is 13.6. The molecule has 4 rings (SSSR count). The van der Waals surface area contributed by atoms with E-state index >= 15 is 0 Å². The van der Waals surface area contributed by atoms with Crippen molar-refractivity contribution in [3.8, 4) is 0 Å². The van der Waals surface area contributed by atoms with Crippen molar-refractivity contribution in [1.29, 1.82) is 0 Å². The van der Waals surface area contributed by atoms with Crippen molar-refractivity contribution >= 4 is 5.69 Å². The first-order valence-corrected chi connectivity index (χ1v) is 14.1. The monoisotopic (exact) mass is 514 g/mol. The van der Waals surface area contributed by atoms with Gasteiger partial charge in [-0.05, 0) is 68.2 Å². The molecule has 2 aromatic carbocycles. The Kier molecular flexibility index (Phi) is 10.3. The summed E-state index contributed by atoms with van der Waals surface area (Å²) in [6.45, 7) is 3.09. The van der Waals surface area contributed by atoms with Gasteiger partial charge < -0.3 is 20.1 Å². The number of piperidine rings is 1. The largest absolute Gasteiger partial charge is 0.385 e. The van der Waals surface area contributed by atoms with Crippen LogP contribution in [0.4, 0.5) is 10.1 Å². The van der Waals surface area contributed by atoms with E-state index in [-0.39, 0.29) is 34.6 Å². The smallest absolute Gasteiger partial charge is 0.249 e. The summed E-state index contributed by atoms with van der Waals surface area (Å²) in [5.41, 5.74) is 7.67.